The molecule has 0 heterocycles. The molecule has 0 unspecified atom stereocenters. The average molecular weight is 242 g/mol. The Labute approximate surface area is 108 Å². The van der Waals surface area contributed by atoms with Crippen LogP contribution in [-0.2, 0) is 5.60 Å². The van der Waals surface area contributed by atoms with Gasteiger partial charge in [-0.1, -0.05) is 60.7 Å². The molecule has 0 aliphatic rings. The zero-order valence-electron chi connectivity index (χ0n) is 10.7. The number of benzene rings is 2. The fourth-order valence-electron chi connectivity index (χ4n) is 2.23. The van der Waals surface area contributed by atoms with E-state index in [9.17, 15) is 10.2 Å². The largest absolute Gasteiger partial charge is 0.387 e. The van der Waals surface area contributed by atoms with Crippen molar-refractivity contribution in [1.82, 2.24) is 0 Å². The van der Waals surface area contributed by atoms with Crippen LogP contribution in [0.15, 0.2) is 60.7 Å². The molecule has 0 aliphatic heterocycles. The van der Waals surface area contributed by atoms with Gasteiger partial charge in [0.2, 0.25) is 0 Å². The Kier molecular flexibility index (Phi) is 3.24. The van der Waals surface area contributed by atoms with E-state index in [0.29, 0.717) is 11.1 Å². The quantitative estimate of drug-likeness (QED) is 0.868. The lowest BCUT2D eigenvalue weighted by atomic mass is 9.75. The molecule has 0 atom stereocenters. The molecule has 2 heteroatoms. The van der Waals surface area contributed by atoms with Gasteiger partial charge >= 0.3 is 0 Å². The Balaban J connectivity index is 2.63. The van der Waals surface area contributed by atoms with Crippen molar-refractivity contribution in [1.29, 1.82) is 0 Å². The first-order valence-corrected chi connectivity index (χ1v) is 6.02. The fraction of sp³-hybridized carbons (Fsp3) is 0.250. The van der Waals surface area contributed by atoms with Crippen LogP contribution in [0.25, 0.3) is 0 Å². The van der Waals surface area contributed by atoms with Gasteiger partial charge in [0.15, 0.2) is 0 Å². The summed E-state index contributed by atoms with van der Waals surface area (Å²) in [6, 6.07) is 18.5. The smallest absolute Gasteiger partial charge is 0.143 e. The van der Waals surface area contributed by atoms with Gasteiger partial charge in [-0.25, -0.2) is 0 Å². The molecule has 0 saturated heterocycles. The van der Waals surface area contributed by atoms with Crippen molar-refractivity contribution in [2.45, 2.75) is 25.0 Å². The number of rotatable bonds is 3. The van der Waals surface area contributed by atoms with Gasteiger partial charge in [0, 0.05) is 0 Å². The summed E-state index contributed by atoms with van der Waals surface area (Å²) in [6.45, 7) is 3.24. The Morgan fingerprint density at radius 2 is 1.00 bits per heavy atom. The van der Waals surface area contributed by atoms with E-state index in [1.54, 1.807) is 13.8 Å². The predicted molar refractivity (Wildman–Crippen MR) is 72.2 cm³/mol. The van der Waals surface area contributed by atoms with Crippen LogP contribution in [0, 0.1) is 0 Å². The maximum absolute atomic E-state index is 11.0. The van der Waals surface area contributed by atoms with E-state index in [2.05, 4.69) is 0 Å². The molecule has 2 N–H and O–H groups in total. The minimum Gasteiger partial charge on any atom is -0.387 e. The molecule has 2 rings (SSSR count). The van der Waals surface area contributed by atoms with E-state index in [4.69, 9.17) is 0 Å². The minimum absolute atomic E-state index is 0.684. The molecular weight excluding hydrogens is 224 g/mol. The molecule has 2 nitrogen and oxygen atoms in total. The van der Waals surface area contributed by atoms with Gasteiger partial charge in [0.05, 0.1) is 5.60 Å². The molecule has 18 heavy (non-hydrogen) atoms. The van der Waals surface area contributed by atoms with Crippen molar-refractivity contribution in [2.24, 2.45) is 0 Å². The van der Waals surface area contributed by atoms with Crippen molar-refractivity contribution in [3.63, 3.8) is 0 Å². The minimum atomic E-state index is -1.42. The summed E-state index contributed by atoms with van der Waals surface area (Å²) in [5, 5.41) is 21.4. The summed E-state index contributed by atoms with van der Waals surface area (Å²) in [7, 11) is 0. The molecule has 0 aliphatic carbocycles. The van der Waals surface area contributed by atoms with Gasteiger partial charge in [-0.3, -0.25) is 0 Å². The lowest BCUT2D eigenvalue weighted by molar-refractivity contribution is -0.110. The number of aliphatic hydroxyl groups is 2. The van der Waals surface area contributed by atoms with Gasteiger partial charge in [-0.05, 0) is 25.0 Å². The molecule has 2 aromatic carbocycles. The third kappa shape index (κ3) is 2.05. The maximum atomic E-state index is 11.0. The van der Waals surface area contributed by atoms with E-state index in [1.807, 2.05) is 60.7 Å². The van der Waals surface area contributed by atoms with E-state index < -0.39 is 11.2 Å². The molecule has 0 saturated carbocycles. The van der Waals surface area contributed by atoms with Gasteiger partial charge < -0.3 is 10.2 Å². The second-order valence-electron chi connectivity index (χ2n) is 5.00. The average Bonchev–Trinajstić information content (AvgIpc) is 2.38. The maximum Gasteiger partial charge on any atom is 0.143 e. The van der Waals surface area contributed by atoms with Crippen LogP contribution < -0.4 is 0 Å². The van der Waals surface area contributed by atoms with E-state index in [-0.39, 0.29) is 0 Å². The second-order valence-corrected chi connectivity index (χ2v) is 5.00. The molecular formula is C16H18O2. The Hall–Kier alpha value is -1.64. The van der Waals surface area contributed by atoms with Crippen LogP contribution in [0.1, 0.15) is 25.0 Å². The normalized spacial score (nSPS) is 12.4. The van der Waals surface area contributed by atoms with Crippen LogP contribution in [0.5, 0.6) is 0 Å². The third-order valence-corrected chi connectivity index (χ3v) is 3.27. The van der Waals surface area contributed by atoms with E-state index in [0.717, 1.165) is 0 Å². The molecule has 0 aromatic heterocycles. The molecule has 94 valence electrons. The summed E-state index contributed by atoms with van der Waals surface area (Å²) in [5.74, 6) is 0. The van der Waals surface area contributed by atoms with Crippen LogP contribution in [0.2, 0.25) is 0 Å². The van der Waals surface area contributed by atoms with Crippen molar-refractivity contribution < 1.29 is 10.2 Å². The van der Waals surface area contributed by atoms with Crippen LogP contribution in [0.3, 0.4) is 0 Å². The summed E-state index contributed by atoms with van der Waals surface area (Å²) < 4.78 is 0. The first kappa shape index (κ1) is 12.8. The highest BCUT2D eigenvalue weighted by Crippen LogP contribution is 2.38. The highest BCUT2D eigenvalue weighted by Gasteiger charge is 2.45. The van der Waals surface area contributed by atoms with Gasteiger partial charge in [-0.15, -0.1) is 0 Å². The Morgan fingerprint density at radius 1 is 0.667 bits per heavy atom. The zero-order chi connectivity index (χ0) is 13.2. The standard InChI is InChI=1S/C16H18O2/c1-15(2,17)16(18,13-9-5-3-6-10-13)14-11-7-4-8-12-14/h3-12,17-18H,1-2H3. The lowest BCUT2D eigenvalue weighted by Crippen LogP contribution is -2.48. The Morgan fingerprint density at radius 3 is 1.28 bits per heavy atom. The third-order valence-electron chi connectivity index (χ3n) is 3.27. The first-order valence-electron chi connectivity index (χ1n) is 6.02. The number of hydrogen-bond acceptors (Lipinski definition) is 2. The topological polar surface area (TPSA) is 40.5 Å². The van der Waals surface area contributed by atoms with Gasteiger partial charge in [0.25, 0.3) is 0 Å². The van der Waals surface area contributed by atoms with Crippen LogP contribution >= 0.6 is 0 Å². The molecule has 0 fully saturated rings. The van der Waals surface area contributed by atoms with Crippen molar-refractivity contribution in [2.75, 3.05) is 0 Å². The molecule has 0 radical (unpaired) electrons. The zero-order valence-corrected chi connectivity index (χ0v) is 10.7. The van der Waals surface area contributed by atoms with Crippen LogP contribution in [0.4, 0.5) is 0 Å². The van der Waals surface area contributed by atoms with E-state index >= 15 is 0 Å². The fourth-order valence-corrected chi connectivity index (χ4v) is 2.23. The molecule has 0 bridgehead atoms. The summed E-state index contributed by atoms with van der Waals surface area (Å²) >= 11 is 0. The van der Waals surface area contributed by atoms with Gasteiger partial charge in [0.1, 0.15) is 5.60 Å². The highest BCUT2D eigenvalue weighted by molar-refractivity contribution is 5.39. The van der Waals surface area contributed by atoms with Crippen molar-refractivity contribution in [3.05, 3.63) is 71.8 Å². The van der Waals surface area contributed by atoms with Crippen LogP contribution in [-0.4, -0.2) is 15.8 Å². The number of hydrogen-bond donors (Lipinski definition) is 2. The van der Waals surface area contributed by atoms with Crippen molar-refractivity contribution >= 4 is 0 Å². The molecule has 0 spiro atoms. The predicted octanol–water partition coefficient (Wildman–Crippen LogP) is 2.69. The highest BCUT2D eigenvalue weighted by atomic mass is 16.4. The Bertz CT molecular complexity index is 458. The first-order chi connectivity index (χ1) is 8.46. The van der Waals surface area contributed by atoms with Crippen molar-refractivity contribution in [3.8, 4) is 0 Å². The monoisotopic (exact) mass is 242 g/mol. The SMILES string of the molecule is CC(C)(O)C(O)(c1ccccc1)c1ccccc1. The summed E-state index contributed by atoms with van der Waals surface area (Å²) in [4.78, 5) is 0. The summed E-state index contributed by atoms with van der Waals surface area (Å²) in [5.41, 5.74) is -1.34. The summed E-state index contributed by atoms with van der Waals surface area (Å²) in [6.07, 6.45) is 0. The molecule has 2 aromatic rings. The lowest BCUT2D eigenvalue weighted by Gasteiger charge is -2.39. The van der Waals surface area contributed by atoms with E-state index in [1.165, 1.54) is 0 Å². The van der Waals surface area contributed by atoms with Gasteiger partial charge in [-0.2, -0.15) is 0 Å². The molecule has 0 amide bonds. The second kappa shape index (κ2) is 4.56.